The molecule has 0 fully saturated rings. The van der Waals surface area contributed by atoms with Gasteiger partial charge in [-0.05, 0) is 19.8 Å². The van der Waals surface area contributed by atoms with Crippen LogP contribution in [0.1, 0.15) is 32.6 Å². The highest BCUT2D eigenvalue weighted by atomic mass is 16.5. The summed E-state index contributed by atoms with van der Waals surface area (Å²) in [6.07, 6.45) is 1.34. The molecule has 0 heterocycles. The van der Waals surface area contributed by atoms with Gasteiger partial charge >= 0.3 is 18.0 Å². The van der Waals surface area contributed by atoms with Crippen molar-refractivity contribution < 1.29 is 24.2 Å². The number of carboxylic acids is 1. The first kappa shape index (κ1) is 16.2. The van der Waals surface area contributed by atoms with Crippen molar-refractivity contribution in [3.05, 3.63) is 0 Å². The largest absolute Gasteiger partial charge is 0.481 e. The number of methoxy groups -OCH3 is 1. The number of carbonyl (C=O) groups is 3. The van der Waals surface area contributed by atoms with Crippen LogP contribution in [0.25, 0.3) is 0 Å². The highest BCUT2D eigenvalue weighted by Crippen LogP contribution is 1.94. The zero-order valence-corrected chi connectivity index (χ0v) is 10.7. The minimum Gasteiger partial charge on any atom is -0.481 e. The van der Waals surface area contributed by atoms with Crippen molar-refractivity contribution in [3.63, 3.8) is 0 Å². The zero-order chi connectivity index (χ0) is 14.0. The third-order valence-electron chi connectivity index (χ3n) is 2.18. The molecular formula is C11H20N2O5. The molecule has 0 aliphatic carbocycles. The van der Waals surface area contributed by atoms with Crippen LogP contribution in [0, 0.1) is 0 Å². The average Bonchev–Trinajstić information content (AvgIpc) is 2.27. The molecule has 0 spiro atoms. The minimum atomic E-state index is -0.842. The summed E-state index contributed by atoms with van der Waals surface area (Å²) in [4.78, 5) is 32.5. The molecule has 0 saturated carbocycles. The molecule has 0 saturated heterocycles. The van der Waals surface area contributed by atoms with Gasteiger partial charge in [-0.1, -0.05) is 0 Å². The topological polar surface area (TPSA) is 105 Å². The molecule has 2 amide bonds. The van der Waals surface area contributed by atoms with Crippen molar-refractivity contribution in [2.45, 2.75) is 38.6 Å². The van der Waals surface area contributed by atoms with Crippen LogP contribution < -0.4 is 10.6 Å². The number of esters is 1. The Kier molecular flexibility index (Phi) is 8.34. The number of hydrogen-bond donors (Lipinski definition) is 3. The molecule has 7 nitrogen and oxygen atoms in total. The molecule has 0 radical (unpaired) electrons. The molecule has 0 rings (SSSR count). The first-order valence-electron chi connectivity index (χ1n) is 5.78. The lowest BCUT2D eigenvalue weighted by molar-refractivity contribution is -0.141. The van der Waals surface area contributed by atoms with Gasteiger partial charge < -0.3 is 20.5 Å². The number of carboxylic acid groups (broad SMARTS) is 1. The molecule has 1 atom stereocenters. The first-order valence-corrected chi connectivity index (χ1v) is 5.78. The first-order chi connectivity index (χ1) is 8.45. The summed E-state index contributed by atoms with van der Waals surface area (Å²) in [6, 6.07) is -0.682. The number of rotatable bonds is 8. The lowest BCUT2D eigenvalue weighted by Crippen LogP contribution is -2.42. The van der Waals surface area contributed by atoms with Crippen molar-refractivity contribution >= 4 is 18.0 Å². The van der Waals surface area contributed by atoms with Gasteiger partial charge in [0.15, 0.2) is 0 Å². The number of hydrogen-bond acceptors (Lipinski definition) is 4. The molecular weight excluding hydrogens is 240 g/mol. The van der Waals surface area contributed by atoms with Gasteiger partial charge in [-0.3, -0.25) is 9.59 Å². The second-order valence-electron chi connectivity index (χ2n) is 3.93. The summed E-state index contributed by atoms with van der Waals surface area (Å²) >= 11 is 0. The predicted octanol–water partition coefficient (Wildman–Crippen LogP) is 0.492. The Morgan fingerprint density at radius 2 is 1.94 bits per heavy atom. The van der Waals surface area contributed by atoms with E-state index in [2.05, 4.69) is 15.4 Å². The van der Waals surface area contributed by atoms with Gasteiger partial charge in [-0.2, -0.15) is 0 Å². The van der Waals surface area contributed by atoms with Gasteiger partial charge in [0.1, 0.15) is 0 Å². The van der Waals surface area contributed by atoms with E-state index in [4.69, 9.17) is 5.11 Å². The van der Waals surface area contributed by atoms with Gasteiger partial charge in [0.05, 0.1) is 13.5 Å². The van der Waals surface area contributed by atoms with Crippen LogP contribution in [0.5, 0.6) is 0 Å². The van der Waals surface area contributed by atoms with Crippen molar-refractivity contribution in [2.24, 2.45) is 0 Å². The van der Waals surface area contributed by atoms with E-state index in [0.29, 0.717) is 19.4 Å². The standard InChI is InChI=1S/C11H20N2O5/c1-8(7-10(16)18-2)13-11(17)12-6-4-3-5-9(14)15/h8H,3-7H2,1-2H3,(H,14,15)(H2,12,13,17). The Labute approximate surface area is 106 Å². The van der Waals surface area contributed by atoms with Crippen LogP contribution in [0.4, 0.5) is 4.79 Å². The summed E-state index contributed by atoms with van der Waals surface area (Å²) in [7, 11) is 1.29. The van der Waals surface area contributed by atoms with Gasteiger partial charge in [-0.25, -0.2) is 4.79 Å². The third kappa shape index (κ3) is 9.44. The number of unbranched alkanes of at least 4 members (excludes halogenated alkanes) is 1. The lowest BCUT2D eigenvalue weighted by atomic mass is 10.2. The fraction of sp³-hybridized carbons (Fsp3) is 0.727. The molecule has 18 heavy (non-hydrogen) atoms. The second-order valence-corrected chi connectivity index (χ2v) is 3.93. The van der Waals surface area contributed by atoms with Crippen molar-refractivity contribution in [3.8, 4) is 0 Å². The SMILES string of the molecule is COC(=O)CC(C)NC(=O)NCCCCC(=O)O. The maximum absolute atomic E-state index is 11.3. The van der Waals surface area contributed by atoms with Gasteiger partial charge in [0, 0.05) is 19.0 Å². The maximum atomic E-state index is 11.3. The van der Waals surface area contributed by atoms with E-state index in [9.17, 15) is 14.4 Å². The Balaban J connectivity index is 3.58. The summed E-state index contributed by atoms with van der Waals surface area (Å²) in [6.45, 7) is 2.10. The third-order valence-corrected chi connectivity index (χ3v) is 2.18. The normalized spacial score (nSPS) is 11.4. The van der Waals surface area contributed by atoms with E-state index in [1.807, 2.05) is 0 Å². The van der Waals surface area contributed by atoms with E-state index in [1.165, 1.54) is 7.11 Å². The van der Waals surface area contributed by atoms with Crippen LogP contribution >= 0.6 is 0 Å². The van der Waals surface area contributed by atoms with Crippen molar-refractivity contribution in [1.29, 1.82) is 0 Å². The van der Waals surface area contributed by atoms with Gasteiger partial charge in [0.2, 0.25) is 0 Å². The lowest BCUT2D eigenvalue weighted by Gasteiger charge is -2.13. The molecule has 0 aliphatic rings. The molecule has 0 aromatic heterocycles. The summed E-state index contributed by atoms with van der Waals surface area (Å²) in [5.41, 5.74) is 0. The molecule has 7 heteroatoms. The van der Waals surface area contributed by atoms with E-state index in [0.717, 1.165) is 0 Å². The number of amides is 2. The van der Waals surface area contributed by atoms with E-state index < -0.39 is 5.97 Å². The maximum Gasteiger partial charge on any atom is 0.315 e. The van der Waals surface area contributed by atoms with Crippen LogP contribution in [-0.2, 0) is 14.3 Å². The number of nitrogens with one attached hydrogen (secondary N) is 2. The van der Waals surface area contributed by atoms with Gasteiger partial charge in [-0.15, -0.1) is 0 Å². The number of ether oxygens (including phenoxy) is 1. The highest BCUT2D eigenvalue weighted by Gasteiger charge is 2.11. The van der Waals surface area contributed by atoms with Crippen molar-refractivity contribution in [2.75, 3.05) is 13.7 Å². The smallest absolute Gasteiger partial charge is 0.315 e. The van der Waals surface area contributed by atoms with Crippen LogP contribution in [-0.4, -0.2) is 42.8 Å². The Hall–Kier alpha value is -1.79. The van der Waals surface area contributed by atoms with E-state index >= 15 is 0 Å². The highest BCUT2D eigenvalue weighted by molar-refractivity contribution is 5.76. The Morgan fingerprint density at radius 1 is 1.28 bits per heavy atom. The number of aliphatic carboxylic acids is 1. The molecule has 1 unspecified atom stereocenters. The zero-order valence-electron chi connectivity index (χ0n) is 10.7. The molecule has 0 aromatic rings. The quantitative estimate of drug-likeness (QED) is 0.435. The molecule has 0 bridgehead atoms. The van der Waals surface area contributed by atoms with Gasteiger partial charge in [0.25, 0.3) is 0 Å². The average molecular weight is 260 g/mol. The molecule has 104 valence electrons. The minimum absolute atomic E-state index is 0.0992. The van der Waals surface area contributed by atoms with Crippen LogP contribution in [0.15, 0.2) is 0 Å². The Bertz CT molecular complexity index is 293. The van der Waals surface area contributed by atoms with E-state index in [1.54, 1.807) is 6.92 Å². The molecule has 0 aromatic carbocycles. The fourth-order valence-corrected chi connectivity index (χ4v) is 1.26. The number of urea groups is 1. The number of carbonyl (C=O) groups excluding carboxylic acids is 2. The second kappa shape index (κ2) is 9.26. The molecule has 3 N–H and O–H groups in total. The fourth-order valence-electron chi connectivity index (χ4n) is 1.26. The summed E-state index contributed by atoms with van der Waals surface area (Å²) in [5, 5.41) is 13.6. The molecule has 0 aliphatic heterocycles. The monoisotopic (exact) mass is 260 g/mol. The van der Waals surface area contributed by atoms with Crippen LogP contribution in [0.2, 0.25) is 0 Å². The Morgan fingerprint density at radius 3 is 2.50 bits per heavy atom. The van der Waals surface area contributed by atoms with Crippen LogP contribution in [0.3, 0.4) is 0 Å². The van der Waals surface area contributed by atoms with E-state index in [-0.39, 0.29) is 30.9 Å². The predicted molar refractivity (Wildman–Crippen MR) is 64.1 cm³/mol. The summed E-state index contributed by atoms with van der Waals surface area (Å²) < 4.78 is 4.47. The summed E-state index contributed by atoms with van der Waals surface area (Å²) in [5.74, 6) is -1.23. The van der Waals surface area contributed by atoms with Crippen molar-refractivity contribution in [1.82, 2.24) is 10.6 Å².